The monoisotopic (exact) mass is 245 g/mol. The standard InChI is InChI=1S/C17H27N/c1-5-13-7-8-15-14(6-2)11-18-17(9-12(3)4)16(15)10-13/h7-8,10,12,14,17-18H,5-6,9,11H2,1-4H3. The van der Waals surface area contributed by atoms with Crippen LogP contribution < -0.4 is 5.32 Å². The van der Waals surface area contributed by atoms with Gasteiger partial charge in [-0.1, -0.05) is 45.9 Å². The Kier molecular flexibility index (Phi) is 4.45. The molecule has 1 aromatic rings. The zero-order valence-electron chi connectivity index (χ0n) is 12.3. The van der Waals surface area contributed by atoms with Crippen molar-refractivity contribution >= 4 is 0 Å². The lowest BCUT2D eigenvalue weighted by Crippen LogP contribution is -2.33. The highest BCUT2D eigenvalue weighted by molar-refractivity contribution is 5.39. The minimum absolute atomic E-state index is 0.564. The first-order valence-electron chi connectivity index (χ1n) is 7.51. The molecule has 0 aliphatic carbocycles. The summed E-state index contributed by atoms with van der Waals surface area (Å²) in [5, 5.41) is 3.76. The van der Waals surface area contributed by atoms with Gasteiger partial charge in [-0.05, 0) is 47.8 Å². The quantitative estimate of drug-likeness (QED) is 0.827. The van der Waals surface area contributed by atoms with Crippen LogP contribution >= 0.6 is 0 Å². The fourth-order valence-corrected chi connectivity index (χ4v) is 3.07. The maximum atomic E-state index is 3.76. The van der Waals surface area contributed by atoms with E-state index >= 15 is 0 Å². The Morgan fingerprint density at radius 1 is 1.22 bits per heavy atom. The van der Waals surface area contributed by atoms with Gasteiger partial charge in [0, 0.05) is 12.6 Å². The van der Waals surface area contributed by atoms with Crippen LogP contribution in [0, 0.1) is 5.92 Å². The van der Waals surface area contributed by atoms with Crippen LogP contribution in [-0.4, -0.2) is 6.54 Å². The molecule has 0 spiro atoms. The summed E-state index contributed by atoms with van der Waals surface area (Å²) < 4.78 is 0. The molecule has 1 heterocycles. The van der Waals surface area contributed by atoms with Crippen LogP contribution in [0.15, 0.2) is 18.2 Å². The highest BCUT2D eigenvalue weighted by atomic mass is 14.9. The molecular formula is C17H27N. The molecule has 18 heavy (non-hydrogen) atoms. The third kappa shape index (κ3) is 2.77. The van der Waals surface area contributed by atoms with Crippen LogP contribution in [0.25, 0.3) is 0 Å². The Morgan fingerprint density at radius 3 is 2.61 bits per heavy atom. The van der Waals surface area contributed by atoms with Crippen molar-refractivity contribution in [1.29, 1.82) is 0 Å². The fraction of sp³-hybridized carbons (Fsp3) is 0.647. The molecule has 0 saturated carbocycles. The number of benzene rings is 1. The Labute approximate surface area is 112 Å². The minimum atomic E-state index is 0.564. The Morgan fingerprint density at radius 2 is 2.00 bits per heavy atom. The molecule has 1 aromatic carbocycles. The van der Waals surface area contributed by atoms with Crippen LogP contribution in [0.1, 0.15) is 69.2 Å². The van der Waals surface area contributed by atoms with E-state index in [0.717, 1.165) is 18.9 Å². The van der Waals surface area contributed by atoms with Crippen LogP contribution in [0.4, 0.5) is 0 Å². The van der Waals surface area contributed by atoms with Crippen molar-refractivity contribution < 1.29 is 0 Å². The number of aryl methyl sites for hydroxylation is 1. The summed E-state index contributed by atoms with van der Waals surface area (Å²) in [6.07, 6.45) is 3.62. The lowest BCUT2D eigenvalue weighted by Gasteiger charge is -2.33. The molecule has 0 aromatic heterocycles. The van der Waals surface area contributed by atoms with Crippen LogP contribution in [0.5, 0.6) is 0 Å². The summed E-state index contributed by atoms with van der Waals surface area (Å²) in [5.74, 6) is 1.45. The highest BCUT2D eigenvalue weighted by Gasteiger charge is 2.26. The smallest absolute Gasteiger partial charge is 0.0325 e. The summed E-state index contributed by atoms with van der Waals surface area (Å²) >= 11 is 0. The minimum Gasteiger partial charge on any atom is -0.309 e. The molecule has 1 heteroatoms. The van der Waals surface area contributed by atoms with Crippen molar-refractivity contribution in [1.82, 2.24) is 5.32 Å². The van der Waals surface area contributed by atoms with Crippen LogP contribution in [-0.2, 0) is 6.42 Å². The predicted octanol–water partition coefficient (Wildman–Crippen LogP) is 4.43. The fourth-order valence-electron chi connectivity index (χ4n) is 3.07. The van der Waals surface area contributed by atoms with E-state index in [1.807, 2.05) is 0 Å². The van der Waals surface area contributed by atoms with Gasteiger partial charge in [-0.3, -0.25) is 0 Å². The Balaban J connectivity index is 2.35. The molecule has 0 saturated heterocycles. The first-order valence-corrected chi connectivity index (χ1v) is 7.51. The van der Waals surface area contributed by atoms with Gasteiger partial charge in [-0.25, -0.2) is 0 Å². The highest BCUT2D eigenvalue weighted by Crippen LogP contribution is 2.35. The third-order valence-corrected chi connectivity index (χ3v) is 4.19. The molecule has 2 atom stereocenters. The first kappa shape index (κ1) is 13.6. The SMILES string of the molecule is CCc1ccc2c(c1)C(CC(C)C)NCC2CC. The molecule has 100 valence electrons. The predicted molar refractivity (Wildman–Crippen MR) is 79.1 cm³/mol. The molecule has 0 bridgehead atoms. The van der Waals surface area contributed by atoms with E-state index in [2.05, 4.69) is 51.2 Å². The molecule has 1 N–H and O–H groups in total. The number of nitrogens with one attached hydrogen (secondary N) is 1. The van der Waals surface area contributed by atoms with Gasteiger partial charge >= 0.3 is 0 Å². The van der Waals surface area contributed by atoms with Gasteiger partial charge in [0.15, 0.2) is 0 Å². The van der Waals surface area contributed by atoms with Gasteiger partial charge in [0.1, 0.15) is 0 Å². The zero-order valence-corrected chi connectivity index (χ0v) is 12.3. The van der Waals surface area contributed by atoms with Gasteiger partial charge in [0.05, 0.1) is 0 Å². The van der Waals surface area contributed by atoms with Crippen LogP contribution in [0.2, 0.25) is 0 Å². The summed E-state index contributed by atoms with van der Waals surface area (Å²) in [6, 6.07) is 7.71. The van der Waals surface area contributed by atoms with Gasteiger partial charge in [-0.15, -0.1) is 0 Å². The van der Waals surface area contributed by atoms with Crippen molar-refractivity contribution in [2.75, 3.05) is 6.54 Å². The lowest BCUT2D eigenvalue weighted by atomic mass is 9.81. The number of fused-ring (bicyclic) bond motifs is 1. The number of hydrogen-bond donors (Lipinski definition) is 1. The second-order valence-corrected chi connectivity index (χ2v) is 6.01. The van der Waals surface area contributed by atoms with Gasteiger partial charge in [-0.2, -0.15) is 0 Å². The summed E-state index contributed by atoms with van der Waals surface area (Å²) in [7, 11) is 0. The number of rotatable bonds is 4. The summed E-state index contributed by atoms with van der Waals surface area (Å²) in [5.41, 5.74) is 4.64. The van der Waals surface area contributed by atoms with E-state index in [0.29, 0.717) is 12.0 Å². The third-order valence-electron chi connectivity index (χ3n) is 4.19. The Hall–Kier alpha value is -0.820. The number of hydrogen-bond acceptors (Lipinski definition) is 1. The molecule has 2 unspecified atom stereocenters. The molecular weight excluding hydrogens is 218 g/mol. The molecule has 2 rings (SSSR count). The molecule has 0 amide bonds. The van der Waals surface area contributed by atoms with Crippen molar-refractivity contribution in [3.63, 3.8) is 0 Å². The molecule has 1 nitrogen and oxygen atoms in total. The largest absolute Gasteiger partial charge is 0.309 e. The van der Waals surface area contributed by atoms with E-state index < -0.39 is 0 Å². The maximum absolute atomic E-state index is 3.76. The maximum Gasteiger partial charge on any atom is 0.0325 e. The van der Waals surface area contributed by atoms with Gasteiger partial charge in [0.25, 0.3) is 0 Å². The lowest BCUT2D eigenvalue weighted by molar-refractivity contribution is 0.385. The van der Waals surface area contributed by atoms with E-state index in [1.165, 1.54) is 18.4 Å². The van der Waals surface area contributed by atoms with E-state index in [9.17, 15) is 0 Å². The summed E-state index contributed by atoms with van der Waals surface area (Å²) in [4.78, 5) is 0. The average molecular weight is 245 g/mol. The second kappa shape index (κ2) is 5.88. The molecule has 0 fully saturated rings. The average Bonchev–Trinajstić information content (AvgIpc) is 2.38. The van der Waals surface area contributed by atoms with E-state index in [4.69, 9.17) is 0 Å². The summed E-state index contributed by atoms with van der Waals surface area (Å²) in [6.45, 7) is 10.3. The van der Waals surface area contributed by atoms with Gasteiger partial charge in [0.2, 0.25) is 0 Å². The first-order chi connectivity index (χ1) is 8.65. The Bertz CT molecular complexity index is 395. The van der Waals surface area contributed by atoms with E-state index in [1.54, 1.807) is 11.1 Å². The zero-order chi connectivity index (χ0) is 13.1. The van der Waals surface area contributed by atoms with Crippen molar-refractivity contribution in [2.45, 2.75) is 58.9 Å². The molecule has 1 aliphatic rings. The second-order valence-electron chi connectivity index (χ2n) is 6.01. The topological polar surface area (TPSA) is 12.0 Å². The van der Waals surface area contributed by atoms with Crippen molar-refractivity contribution in [3.8, 4) is 0 Å². The van der Waals surface area contributed by atoms with Gasteiger partial charge < -0.3 is 5.32 Å². The van der Waals surface area contributed by atoms with Crippen LogP contribution in [0.3, 0.4) is 0 Å². The van der Waals surface area contributed by atoms with Crippen molar-refractivity contribution in [3.05, 3.63) is 34.9 Å². The van der Waals surface area contributed by atoms with Crippen molar-refractivity contribution in [2.24, 2.45) is 5.92 Å². The normalized spacial score (nSPS) is 23.2. The molecule has 0 radical (unpaired) electrons. The molecule has 1 aliphatic heterocycles. The van der Waals surface area contributed by atoms with E-state index in [-0.39, 0.29) is 0 Å².